The zero-order chi connectivity index (χ0) is 23.6. The molecule has 0 heterocycles. The highest BCUT2D eigenvalue weighted by atomic mass is 16.6. The van der Waals surface area contributed by atoms with Crippen molar-refractivity contribution in [2.75, 3.05) is 13.2 Å². The molecule has 0 spiro atoms. The van der Waals surface area contributed by atoms with Gasteiger partial charge in [0.1, 0.15) is 6.04 Å². The van der Waals surface area contributed by atoms with Crippen LogP contribution in [0.4, 0.5) is 0 Å². The summed E-state index contributed by atoms with van der Waals surface area (Å²) in [6, 6.07) is 3.20. The van der Waals surface area contributed by atoms with E-state index in [1.54, 1.807) is 6.07 Å². The largest absolute Gasteiger partial charge is 0.504 e. The van der Waals surface area contributed by atoms with E-state index in [0.29, 0.717) is 12.2 Å². The number of rotatable bonds is 18. The molecule has 7 nitrogen and oxygen atoms in total. The number of phenolic OH excluding ortho intramolecular Hbond substituents is 2. The van der Waals surface area contributed by atoms with Gasteiger partial charge in [0.2, 0.25) is 0 Å². The summed E-state index contributed by atoms with van der Waals surface area (Å²) in [5.41, 5.74) is 6.35. The van der Waals surface area contributed by atoms with Gasteiger partial charge < -0.3 is 25.4 Å². The van der Waals surface area contributed by atoms with Crippen molar-refractivity contribution < 1.29 is 29.3 Å². The highest BCUT2D eigenvalue weighted by molar-refractivity contribution is 5.79. The number of carbonyl (C=O) groups excluding carboxylic acids is 2. The molecule has 0 aromatic heterocycles. The van der Waals surface area contributed by atoms with Gasteiger partial charge in [-0.1, -0.05) is 83.6 Å². The number of nitrogens with two attached hydrogens (primary N) is 1. The zero-order valence-corrected chi connectivity index (χ0v) is 19.5. The van der Waals surface area contributed by atoms with Gasteiger partial charge in [0, 0.05) is 0 Å². The Morgan fingerprint density at radius 1 is 0.844 bits per heavy atom. The summed E-state index contributed by atoms with van der Waals surface area (Å²) in [6.07, 6.45) is 15.0. The Labute approximate surface area is 192 Å². The minimum atomic E-state index is -0.983. The van der Waals surface area contributed by atoms with Crippen LogP contribution in [0.15, 0.2) is 18.2 Å². The van der Waals surface area contributed by atoms with Crippen molar-refractivity contribution in [1.82, 2.24) is 0 Å². The molecule has 32 heavy (non-hydrogen) atoms. The fraction of sp³-hybridized carbons (Fsp3) is 0.680. The molecular weight excluding hydrogens is 410 g/mol. The fourth-order valence-corrected chi connectivity index (χ4v) is 3.44. The van der Waals surface area contributed by atoms with Crippen LogP contribution in [0.5, 0.6) is 11.5 Å². The Bertz CT molecular complexity index is 664. The average molecular weight is 452 g/mol. The van der Waals surface area contributed by atoms with Gasteiger partial charge in [-0.3, -0.25) is 4.79 Å². The van der Waals surface area contributed by atoms with E-state index in [0.717, 1.165) is 19.3 Å². The van der Waals surface area contributed by atoms with E-state index >= 15 is 0 Å². The molecule has 0 amide bonds. The predicted molar refractivity (Wildman–Crippen MR) is 124 cm³/mol. The van der Waals surface area contributed by atoms with Gasteiger partial charge in [0.15, 0.2) is 18.1 Å². The Balaban J connectivity index is 1.99. The van der Waals surface area contributed by atoms with Gasteiger partial charge in [-0.05, 0) is 30.5 Å². The molecule has 0 aliphatic rings. The van der Waals surface area contributed by atoms with E-state index in [2.05, 4.69) is 6.92 Å². The first-order valence-electron chi connectivity index (χ1n) is 12.0. The molecule has 4 N–H and O–H groups in total. The fourth-order valence-electron chi connectivity index (χ4n) is 3.44. The van der Waals surface area contributed by atoms with Crippen molar-refractivity contribution in [2.24, 2.45) is 5.73 Å². The first-order chi connectivity index (χ1) is 15.4. The molecule has 0 saturated carbocycles. The second-order valence-corrected chi connectivity index (χ2v) is 8.35. The molecule has 0 unspecified atom stereocenters. The summed E-state index contributed by atoms with van der Waals surface area (Å²) >= 11 is 0. The highest BCUT2D eigenvalue weighted by Gasteiger charge is 2.18. The summed E-state index contributed by atoms with van der Waals surface area (Å²) in [4.78, 5) is 23.6. The van der Waals surface area contributed by atoms with Gasteiger partial charge in [-0.15, -0.1) is 0 Å². The van der Waals surface area contributed by atoms with E-state index in [4.69, 9.17) is 15.2 Å². The standard InChI is InChI=1S/C25H41NO6/c1-2-3-4-5-6-7-8-9-10-11-12-13-16-31-24(29)19-32-25(30)21(26)17-20-14-15-22(27)23(28)18-20/h14-15,18,21,27-28H,2-13,16-17,19,26H2,1H3/t21-/m0/s1. The lowest BCUT2D eigenvalue weighted by Gasteiger charge is -2.12. The van der Waals surface area contributed by atoms with E-state index in [1.807, 2.05) is 0 Å². The molecule has 1 aromatic carbocycles. The van der Waals surface area contributed by atoms with Crippen LogP contribution in [-0.4, -0.2) is 41.4 Å². The first kappa shape index (κ1) is 27.8. The molecule has 1 rings (SSSR count). The minimum Gasteiger partial charge on any atom is -0.504 e. The van der Waals surface area contributed by atoms with E-state index in [1.165, 1.54) is 69.9 Å². The summed E-state index contributed by atoms with van der Waals surface area (Å²) < 4.78 is 10.00. The lowest BCUT2D eigenvalue weighted by molar-refractivity contribution is -0.159. The van der Waals surface area contributed by atoms with Gasteiger partial charge in [0.25, 0.3) is 0 Å². The number of hydrogen-bond acceptors (Lipinski definition) is 7. The highest BCUT2D eigenvalue weighted by Crippen LogP contribution is 2.25. The quantitative estimate of drug-likeness (QED) is 0.167. The second-order valence-electron chi connectivity index (χ2n) is 8.35. The number of ether oxygens (including phenoxy) is 2. The predicted octanol–water partition coefficient (Wildman–Crippen LogP) is 4.76. The molecule has 0 bridgehead atoms. The Morgan fingerprint density at radius 2 is 1.41 bits per heavy atom. The van der Waals surface area contributed by atoms with Crippen molar-refractivity contribution in [1.29, 1.82) is 0 Å². The Hall–Kier alpha value is -2.28. The number of carbonyl (C=O) groups is 2. The van der Waals surface area contributed by atoms with Crippen molar-refractivity contribution in [2.45, 2.75) is 96.4 Å². The number of esters is 2. The maximum absolute atomic E-state index is 11.9. The lowest BCUT2D eigenvalue weighted by Crippen LogP contribution is -2.35. The van der Waals surface area contributed by atoms with Crippen LogP contribution in [0.2, 0.25) is 0 Å². The summed E-state index contributed by atoms with van der Waals surface area (Å²) in [5.74, 6) is -1.85. The van der Waals surface area contributed by atoms with Crippen LogP contribution in [0, 0.1) is 0 Å². The number of unbranched alkanes of at least 4 members (excludes halogenated alkanes) is 11. The third-order valence-electron chi connectivity index (χ3n) is 5.39. The van der Waals surface area contributed by atoms with Crippen LogP contribution in [0.25, 0.3) is 0 Å². The maximum atomic E-state index is 11.9. The van der Waals surface area contributed by atoms with E-state index in [-0.39, 0.29) is 17.9 Å². The number of hydrogen-bond donors (Lipinski definition) is 3. The van der Waals surface area contributed by atoms with Crippen molar-refractivity contribution in [3.8, 4) is 11.5 Å². The molecule has 7 heteroatoms. The normalized spacial score (nSPS) is 11.8. The van der Waals surface area contributed by atoms with Gasteiger partial charge in [-0.2, -0.15) is 0 Å². The number of aromatic hydroxyl groups is 2. The van der Waals surface area contributed by atoms with Gasteiger partial charge >= 0.3 is 11.9 Å². The number of benzene rings is 1. The topological polar surface area (TPSA) is 119 Å². The Kier molecular flexibility index (Phi) is 15.0. The number of phenols is 2. The second kappa shape index (κ2) is 17.3. The van der Waals surface area contributed by atoms with E-state index < -0.39 is 24.6 Å². The van der Waals surface area contributed by atoms with Crippen LogP contribution < -0.4 is 5.73 Å². The van der Waals surface area contributed by atoms with Crippen molar-refractivity contribution in [3.05, 3.63) is 23.8 Å². The van der Waals surface area contributed by atoms with Crippen LogP contribution >= 0.6 is 0 Å². The monoisotopic (exact) mass is 451 g/mol. The van der Waals surface area contributed by atoms with Gasteiger partial charge in [-0.25, -0.2) is 4.79 Å². The molecule has 0 aliphatic carbocycles. The average Bonchev–Trinajstić information content (AvgIpc) is 2.77. The minimum absolute atomic E-state index is 0.112. The lowest BCUT2D eigenvalue weighted by atomic mass is 10.1. The summed E-state index contributed by atoms with van der Waals surface area (Å²) in [6.45, 7) is 2.10. The van der Waals surface area contributed by atoms with Gasteiger partial charge in [0.05, 0.1) is 6.61 Å². The Morgan fingerprint density at radius 3 is 1.97 bits per heavy atom. The molecule has 1 aromatic rings. The maximum Gasteiger partial charge on any atom is 0.344 e. The third kappa shape index (κ3) is 13.2. The first-order valence-corrected chi connectivity index (χ1v) is 12.0. The summed E-state index contributed by atoms with van der Waals surface area (Å²) in [7, 11) is 0. The molecular formula is C25H41NO6. The van der Waals surface area contributed by atoms with Crippen LogP contribution in [0.3, 0.4) is 0 Å². The smallest absolute Gasteiger partial charge is 0.344 e. The molecule has 182 valence electrons. The third-order valence-corrected chi connectivity index (χ3v) is 5.39. The van der Waals surface area contributed by atoms with Crippen LogP contribution in [-0.2, 0) is 25.5 Å². The molecule has 1 atom stereocenters. The molecule has 0 fully saturated rings. The van der Waals surface area contributed by atoms with Crippen LogP contribution in [0.1, 0.15) is 89.5 Å². The molecule has 0 radical (unpaired) electrons. The SMILES string of the molecule is CCCCCCCCCCCCCCOC(=O)COC(=O)[C@@H](N)Cc1ccc(O)c(O)c1. The van der Waals surface area contributed by atoms with E-state index in [9.17, 15) is 19.8 Å². The molecule has 0 saturated heterocycles. The summed E-state index contributed by atoms with van der Waals surface area (Å²) in [5, 5.41) is 18.8. The zero-order valence-electron chi connectivity index (χ0n) is 19.5. The molecule has 0 aliphatic heterocycles. The van der Waals surface area contributed by atoms with Crippen molar-refractivity contribution in [3.63, 3.8) is 0 Å². The van der Waals surface area contributed by atoms with Crippen molar-refractivity contribution >= 4 is 11.9 Å².